The molecule has 2 aromatic heterocycles. The molecule has 0 aliphatic carbocycles. The Kier molecular flexibility index (Phi) is 4.91. The Hall–Kier alpha value is -2.71. The van der Waals surface area contributed by atoms with Gasteiger partial charge in [0, 0.05) is 20.7 Å². The van der Waals surface area contributed by atoms with Crippen molar-refractivity contribution >= 4 is 16.9 Å². The molecule has 8 nitrogen and oxygen atoms in total. The Balaban J connectivity index is 1.50. The lowest BCUT2D eigenvalue weighted by Crippen LogP contribution is -2.40. The highest BCUT2D eigenvalue weighted by atomic mass is 16.5. The van der Waals surface area contributed by atoms with E-state index in [0.717, 1.165) is 28.2 Å². The van der Waals surface area contributed by atoms with Crippen molar-refractivity contribution in [1.29, 1.82) is 0 Å². The fraction of sp³-hybridized carbons (Fsp3) is 0.421. The van der Waals surface area contributed by atoms with Gasteiger partial charge in [0.15, 0.2) is 5.82 Å². The van der Waals surface area contributed by atoms with E-state index in [-0.39, 0.29) is 12.5 Å². The highest BCUT2D eigenvalue weighted by molar-refractivity contribution is 5.80. The average molecular weight is 369 g/mol. The third-order valence-corrected chi connectivity index (χ3v) is 4.82. The predicted octanol–water partition coefficient (Wildman–Crippen LogP) is 1.44. The standard InChI is InChI=1S/C19H23N5O3/c1-22-17-6-4-3-5-15(17)20-19(22)16-11-14-12-23(7-8-24(14)21-16)18(25)13-27-10-9-26-2/h3-6,11H,7-10,12-13H2,1-2H3. The highest BCUT2D eigenvalue weighted by Crippen LogP contribution is 2.25. The number of methoxy groups -OCH3 is 1. The molecule has 0 atom stereocenters. The van der Waals surface area contributed by atoms with Crippen LogP contribution in [0.4, 0.5) is 0 Å². The molecule has 1 amide bonds. The molecule has 0 fully saturated rings. The molecule has 0 saturated carbocycles. The van der Waals surface area contributed by atoms with E-state index in [9.17, 15) is 4.79 Å². The van der Waals surface area contributed by atoms with Gasteiger partial charge in [-0.2, -0.15) is 5.10 Å². The first-order valence-corrected chi connectivity index (χ1v) is 9.00. The van der Waals surface area contributed by atoms with Crippen molar-refractivity contribution in [1.82, 2.24) is 24.2 Å². The van der Waals surface area contributed by atoms with Gasteiger partial charge in [-0.1, -0.05) is 12.1 Å². The van der Waals surface area contributed by atoms with Crippen molar-refractivity contribution in [3.05, 3.63) is 36.0 Å². The summed E-state index contributed by atoms with van der Waals surface area (Å²) < 4.78 is 14.3. The zero-order chi connectivity index (χ0) is 18.8. The van der Waals surface area contributed by atoms with Gasteiger partial charge >= 0.3 is 0 Å². The summed E-state index contributed by atoms with van der Waals surface area (Å²) in [6, 6.07) is 10.1. The highest BCUT2D eigenvalue weighted by Gasteiger charge is 2.24. The first kappa shape index (κ1) is 17.7. The summed E-state index contributed by atoms with van der Waals surface area (Å²) in [5.74, 6) is 0.821. The summed E-state index contributed by atoms with van der Waals surface area (Å²) in [7, 11) is 3.61. The Labute approximate surface area is 157 Å². The van der Waals surface area contributed by atoms with Gasteiger partial charge in [-0.15, -0.1) is 0 Å². The fourth-order valence-corrected chi connectivity index (χ4v) is 3.36. The van der Waals surface area contributed by atoms with Gasteiger partial charge in [-0.25, -0.2) is 4.98 Å². The Morgan fingerprint density at radius 1 is 1.22 bits per heavy atom. The third-order valence-electron chi connectivity index (χ3n) is 4.82. The molecule has 0 bridgehead atoms. The lowest BCUT2D eigenvalue weighted by atomic mass is 10.2. The number of aryl methyl sites for hydroxylation is 1. The number of imidazole rings is 1. The summed E-state index contributed by atoms with van der Waals surface area (Å²) in [6.45, 7) is 2.82. The number of nitrogens with zero attached hydrogens (tertiary/aromatic N) is 5. The summed E-state index contributed by atoms with van der Waals surface area (Å²) in [6.07, 6.45) is 0. The van der Waals surface area contributed by atoms with Crippen LogP contribution in [0, 0.1) is 0 Å². The van der Waals surface area contributed by atoms with Crippen molar-refractivity contribution in [3.8, 4) is 11.5 Å². The van der Waals surface area contributed by atoms with Crippen molar-refractivity contribution < 1.29 is 14.3 Å². The number of hydrogen-bond donors (Lipinski definition) is 0. The molecule has 142 valence electrons. The first-order chi connectivity index (χ1) is 13.2. The minimum Gasteiger partial charge on any atom is -0.382 e. The van der Waals surface area contributed by atoms with Crippen LogP contribution in [0.5, 0.6) is 0 Å². The number of amides is 1. The van der Waals surface area contributed by atoms with E-state index < -0.39 is 0 Å². The molecule has 0 N–H and O–H groups in total. The van der Waals surface area contributed by atoms with Gasteiger partial charge in [0.1, 0.15) is 12.3 Å². The second-order valence-corrected chi connectivity index (χ2v) is 6.59. The van der Waals surface area contributed by atoms with E-state index in [2.05, 4.69) is 4.57 Å². The molecule has 1 aromatic carbocycles. The first-order valence-electron chi connectivity index (χ1n) is 9.00. The van der Waals surface area contributed by atoms with Crippen molar-refractivity contribution in [2.75, 3.05) is 33.5 Å². The maximum atomic E-state index is 12.3. The fourth-order valence-electron chi connectivity index (χ4n) is 3.36. The molecular weight excluding hydrogens is 346 g/mol. The molecule has 3 aromatic rings. The quantitative estimate of drug-likeness (QED) is 0.615. The van der Waals surface area contributed by atoms with Crippen LogP contribution in [-0.2, 0) is 34.4 Å². The summed E-state index contributed by atoms with van der Waals surface area (Å²) in [5, 5.41) is 4.70. The van der Waals surface area contributed by atoms with Crippen LogP contribution in [0.2, 0.25) is 0 Å². The predicted molar refractivity (Wildman–Crippen MR) is 100 cm³/mol. The Morgan fingerprint density at radius 2 is 2.07 bits per heavy atom. The topological polar surface area (TPSA) is 74.4 Å². The van der Waals surface area contributed by atoms with E-state index in [1.54, 1.807) is 7.11 Å². The number of para-hydroxylation sites is 2. The van der Waals surface area contributed by atoms with Crippen molar-refractivity contribution in [2.45, 2.75) is 13.1 Å². The lowest BCUT2D eigenvalue weighted by Gasteiger charge is -2.27. The number of ether oxygens (including phenoxy) is 2. The van der Waals surface area contributed by atoms with Crippen LogP contribution in [-0.4, -0.2) is 63.6 Å². The van der Waals surface area contributed by atoms with E-state index in [1.807, 2.05) is 47.0 Å². The van der Waals surface area contributed by atoms with Crippen molar-refractivity contribution in [3.63, 3.8) is 0 Å². The third kappa shape index (κ3) is 3.45. The summed E-state index contributed by atoms with van der Waals surface area (Å²) >= 11 is 0. The maximum Gasteiger partial charge on any atom is 0.248 e. The Bertz CT molecular complexity index is 962. The molecule has 8 heteroatoms. The number of benzene rings is 1. The molecule has 0 saturated heterocycles. The molecule has 1 aliphatic rings. The van der Waals surface area contributed by atoms with Crippen LogP contribution >= 0.6 is 0 Å². The van der Waals surface area contributed by atoms with Gasteiger partial charge in [-0.05, 0) is 18.2 Å². The maximum absolute atomic E-state index is 12.3. The zero-order valence-electron chi connectivity index (χ0n) is 15.6. The summed E-state index contributed by atoms with van der Waals surface area (Å²) in [5.41, 5.74) is 3.86. The van der Waals surface area contributed by atoms with E-state index in [4.69, 9.17) is 19.6 Å². The minimum atomic E-state index is -0.0113. The normalized spacial score (nSPS) is 13.9. The molecule has 0 radical (unpaired) electrons. The van der Waals surface area contributed by atoms with E-state index in [0.29, 0.717) is 32.8 Å². The Morgan fingerprint density at radius 3 is 2.89 bits per heavy atom. The minimum absolute atomic E-state index is 0.0113. The second-order valence-electron chi connectivity index (χ2n) is 6.59. The molecule has 1 aliphatic heterocycles. The number of hydrogen-bond acceptors (Lipinski definition) is 5. The number of rotatable bonds is 6. The second kappa shape index (κ2) is 7.50. The zero-order valence-corrected chi connectivity index (χ0v) is 15.6. The molecule has 0 unspecified atom stereocenters. The largest absolute Gasteiger partial charge is 0.382 e. The van der Waals surface area contributed by atoms with E-state index >= 15 is 0 Å². The number of carbonyl (C=O) groups is 1. The van der Waals surface area contributed by atoms with Crippen LogP contribution in [0.3, 0.4) is 0 Å². The van der Waals surface area contributed by atoms with Gasteiger partial charge in [0.05, 0.1) is 43.0 Å². The van der Waals surface area contributed by atoms with Gasteiger partial charge in [0.25, 0.3) is 0 Å². The van der Waals surface area contributed by atoms with Crippen LogP contribution in [0.1, 0.15) is 5.69 Å². The number of fused-ring (bicyclic) bond motifs is 2. The number of aromatic nitrogens is 4. The SMILES string of the molecule is COCCOCC(=O)N1CCn2nc(-c3nc4ccccc4n3C)cc2C1. The van der Waals surface area contributed by atoms with Gasteiger partial charge in [-0.3, -0.25) is 9.48 Å². The molecule has 3 heterocycles. The number of carbonyl (C=O) groups excluding carboxylic acids is 1. The lowest BCUT2D eigenvalue weighted by molar-refractivity contribution is -0.138. The summed E-state index contributed by atoms with van der Waals surface area (Å²) in [4.78, 5) is 18.9. The van der Waals surface area contributed by atoms with Gasteiger partial charge < -0.3 is 18.9 Å². The monoisotopic (exact) mass is 369 g/mol. The van der Waals surface area contributed by atoms with Crippen LogP contribution in [0.15, 0.2) is 30.3 Å². The van der Waals surface area contributed by atoms with Crippen LogP contribution in [0.25, 0.3) is 22.6 Å². The average Bonchev–Trinajstić information content (AvgIpc) is 3.25. The molecular formula is C19H23N5O3. The van der Waals surface area contributed by atoms with Crippen molar-refractivity contribution in [2.24, 2.45) is 7.05 Å². The smallest absolute Gasteiger partial charge is 0.248 e. The molecule has 27 heavy (non-hydrogen) atoms. The van der Waals surface area contributed by atoms with E-state index in [1.165, 1.54) is 0 Å². The molecule has 0 spiro atoms. The van der Waals surface area contributed by atoms with Gasteiger partial charge in [0.2, 0.25) is 5.91 Å². The van der Waals surface area contributed by atoms with Crippen LogP contribution < -0.4 is 0 Å². The molecule has 4 rings (SSSR count).